The molecular formula is C22H17ClN2O4. The number of halogens is 1. The summed E-state index contributed by atoms with van der Waals surface area (Å²) in [5, 5.41) is 6.17. The molecular weight excluding hydrogens is 392 g/mol. The van der Waals surface area contributed by atoms with Crippen LogP contribution in [0.1, 0.15) is 20.7 Å². The van der Waals surface area contributed by atoms with Crippen LogP contribution in [-0.4, -0.2) is 25.0 Å². The zero-order valence-electron chi connectivity index (χ0n) is 15.3. The normalized spacial score (nSPS) is 12.2. The van der Waals surface area contributed by atoms with Crippen molar-refractivity contribution in [1.82, 2.24) is 0 Å². The van der Waals surface area contributed by atoms with Crippen molar-refractivity contribution in [1.29, 1.82) is 0 Å². The monoisotopic (exact) mass is 408 g/mol. The van der Waals surface area contributed by atoms with Crippen molar-refractivity contribution in [2.24, 2.45) is 0 Å². The lowest BCUT2D eigenvalue weighted by Gasteiger charge is -2.19. The summed E-state index contributed by atoms with van der Waals surface area (Å²) in [5.41, 5.74) is 1.75. The van der Waals surface area contributed by atoms with Crippen LogP contribution in [0.5, 0.6) is 11.5 Å². The van der Waals surface area contributed by atoms with Gasteiger partial charge in [0.1, 0.15) is 13.2 Å². The Morgan fingerprint density at radius 1 is 0.793 bits per heavy atom. The molecule has 2 N–H and O–H groups in total. The van der Waals surface area contributed by atoms with E-state index in [9.17, 15) is 9.59 Å². The highest BCUT2D eigenvalue weighted by Gasteiger charge is 2.17. The highest BCUT2D eigenvalue weighted by molar-refractivity contribution is 6.30. The molecule has 0 bridgehead atoms. The van der Waals surface area contributed by atoms with E-state index in [0.717, 1.165) is 0 Å². The summed E-state index contributed by atoms with van der Waals surface area (Å²) in [6.45, 7) is 0.917. The minimum atomic E-state index is -0.353. The van der Waals surface area contributed by atoms with Crippen LogP contribution >= 0.6 is 11.6 Å². The average Bonchev–Trinajstić information content (AvgIpc) is 2.75. The Morgan fingerprint density at radius 2 is 1.52 bits per heavy atom. The number of nitrogens with one attached hydrogen (secondary N) is 2. The van der Waals surface area contributed by atoms with Crippen LogP contribution in [0.15, 0.2) is 66.7 Å². The summed E-state index contributed by atoms with van der Waals surface area (Å²) in [5.74, 6) is 0.437. The van der Waals surface area contributed by atoms with Crippen LogP contribution in [-0.2, 0) is 0 Å². The van der Waals surface area contributed by atoms with Gasteiger partial charge >= 0.3 is 0 Å². The second kappa shape index (κ2) is 8.24. The summed E-state index contributed by atoms with van der Waals surface area (Å²) in [6, 6.07) is 18.6. The van der Waals surface area contributed by atoms with Crippen molar-refractivity contribution in [2.75, 3.05) is 23.8 Å². The van der Waals surface area contributed by atoms with Gasteiger partial charge in [0.2, 0.25) is 0 Å². The Bertz CT molecular complexity index is 1070. The van der Waals surface area contributed by atoms with Crippen LogP contribution in [0.2, 0.25) is 5.02 Å². The molecule has 2 amide bonds. The van der Waals surface area contributed by atoms with E-state index in [-0.39, 0.29) is 11.8 Å². The van der Waals surface area contributed by atoms with E-state index >= 15 is 0 Å². The molecule has 0 aliphatic carbocycles. The standard InChI is InChI=1S/C22H17ClN2O4/c23-15-6-8-16(9-7-15)24-22(27)17-3-1-2-4-18(17)25-21(26)14-5-10-19-20(13-14)29-12-11-28-19/h1-10,13H,11-12H2,(H,24,27)(H,25,26). The third kappa shape index (κ3) is 4.33. The fourth-order valence-electron chi connectivity index (χ4n) is 2.90. The Labute approximate surface area is 172 Å². The molecule has 0 spiro atoms. The predicted molar refractivity (Wildman–Crippen MR) is 111 cm³/mol. The molecule has 0 unspecified atom stereocenters. The van der Waals surface area contributed by atoms with E-state index in [4.69, 9.17) is 21.1 Å². The number of hydrogen-bond acceptors (Lipinski definition) is 4. The van der Waals surface area contributed by atoms with Crippen molar-refractivity contribution in [2.45, 2.75) is 0 Å². The first kappa shape index (κ1) is 18.8. The van der Waals surface area contributed by atoms with E-state index in [0.29, 0.717) is 52.2 Å². The molecule has 4 rings (SSSR count). The fraction of sp³-hybridized carbons (Fsp3) is 0.0909. The molecule has 0 aromatic heterocycles. The van der Waals surface area contributed by atoms with E-state index in [1.165, 1.54) is 0 Å². The third-order valence-corrected chi connectivity index (χ3v) is 4.58. The number of anilines is 2. The molecule has 0 fully saturated rings. The maximum atomic E-state index is 12.7. The number of para-hydroxylation sites is 1. The molecule has 0 radical (unpaired) electrons. The minimum Gasteiger partial charge on any atom is -0.486 e. The smallest absolute Gasteiger partial charge is 0.257 e. The van der Waals surface area contributed by atoms with E-state index in [1.54, 1.807) is 66.7 Å². The van der Waals surface area contributed by atoms with Gasteiger partial charge in [0.05, 0.1) is 11.3 Å². The first-order chi connectivity index (χ1) is 14.1. The summed E-state index contributed by atoms with van der Waals surface area (Å²) in [7, 11) is 0. The predicted octanol–water partition coefficient (Wildman–Crippen LogP) is 4.62. The van der Waals surface area contributed by atoms with E-state index < -0.39 is 0 Å². The Kier molecular flexibility index (Phi) is 5.35. The first-order valence-electron chi connectivity index (χ1n) is 8.97. The van der Waals surface area contributed by atoms with E-state index in [2.05, 4.69) is 10.6 Å². The van der Waals surface area contributed by atoms with Gasteiger partial charge in [-0.2, -0.15) is 0 Å². The van der Waals surface area contributed by atoms with Crippen molar-refractivity contribution in [3.8, 4) is 11.5 Å². The third-order valence-electron chi connectivity index (χ3n) is 4.33. The topological polar surface area (TPSA) is 76.7 Å². The average molecular weight is 409 g/mol. The first-order valence-corrected chi connectivity index (χ1v) is 9.35. The van der Waals surface area contributed by atoms with Crippen LogP contribution in [0, 0.1) is 0 Å². The van der Waals surface area contributed by atoms with Gasteiger partial charge in [-0.1, -0.05) is 23.7 Å². The lowest BCUT2D eigenvalue weighted by Crippen LogP contribution is -2.19. The Balaban J connectivity index is 1.52. The van der Waals surface area contributed by atoms with Crippen LogP contribution in [0.3, 0.4) is 0 Å². The summed E-state index contributed by atoms with van der Waals surface area (Å²) < 4.78 is 11.0. The molecule has 0 saturated heterocycles. The van der Waals surface area contributed by atoms with Gasteiger partial charge in [0.15, 0.2) is 11.5 Å². The molecule has 3 aromatic rings. The molecule has 7 heteroatoms. The minimum absolute atomic E-state index is 0.341. The number of rotatable bonds is 4. The van der Waals surface area contributed by atoms with Gasteiger partial charge in [-0.15, -0.1) is 0 Å². The van der Waals surface area contributed by atoms with Crippen molar-refractivity contribution >= 4 is 34.8 Å². The molecule has 1 aliphatic heterocycles. The van der Waals surface area contributed by atoms with Gasteiger partial charge in [-0.25, -0.2) is 0 Å². The second-order valence-electron chi connectivity index (χ2n) is 6.32. The van der Waals surface area contributed by atoms with E-state index in [1.807, 2.05) is 0 Å². The SMILES string of the molecule is O=C(Nc1ccccc1C(=O)Nc1ccc(Cl)cc1)c1ccc2c(c1)OCCO2. The Morgan fingerprint density at radius 3 is 2.31 bits per heavy atom. The van der Waals surface area contributed by atoms with Gasteiger partial charge in [0, 0.05) is 16.3 Å². The van der Waals surface area contributed by atoms with Crippen LogP contribution in [0.4, 0.5) is 11.4 Å². The van der Waals surface area contributed by atoms with Crippen molar-refractivity contribution in [3.05, 3.63) is 82.9 Å². The molecule has 3 aromatic carbocycles. The zero-order valence-corrected chi connectivity index (χ0v) is 16.0. The maximum Gasteiger partial charge on any atom is 0.257 e. The zero-order chi connectivity index (χ0) is 20.2. The Hall–Kier alpha value is -3.51. The second-order valence-corrected chi connectivity index (χ2v) is 6.76. The number of ether oxygens (including phenoxy) is 2. The largest absolute Gasteiger partial charge is 0.486 e. The lowest BCUT2D eigenvalue weighted by molar-refractivity contribution is 0.102. The maximum absolute atomic E-state index is 12.7. The van der Waals surface area contributed by atoms with Crippen LogP contribution in [0.25, 0.3) is 0 Å². The molecule has 0 saturated carbocycles. The summed E-state index contributed by atoms with van der Waals surface area (Å²) in [6.07, 6.45) is 0. The van der Waals surface area contributed by atoms with Crippen molar-refractivity contribution in [3.63, 3.8) is 0 Å². The number of amides is 2. The molecule has 0 atom stereocenters. The molecule has 29 heavy (non-hydrogen) atoms. The van der Waals surface area contributed by atoms with Gasteiger partial charge < -0.3 is 20.1 Å². The number of carbonyl (C=O) groups is 2. The molecule has 1 heterocycles. The molecule has 6 nitrogen and oxygen atoms in total. The number of fused-ring (bicyclic) bond motifs is 1. The quantitative estimate of drug-likeness (QED) is 0.660. The van der Waals surface area contributed by atoms with Gasteiger partial charge in [-0.05, 0) is 54.6 Å². The van der Waals surface area contributed by atoms with Gasteiger partial charge in [0.25, 0.3) is 11.8 Å². The number of benzene rings is 3. The van der Waals surface area contributed by atoms with Gasteiger partial charge in [-0.3, -0.25) is 9.59 Å². The fourth-order valence-corrected chi connectivity index (χ4v) is 3.03. The highest BCUT2D eigenvalue weighted by Crippen LogP contribution is 2.31. The summed E-state index contributed by atoms with van der Waals surface area (Å²) in [4.78, 5) is 25.4. The number of hydrogen-bond donors (Lipinski definition) is 2. The summed E-state index contributed by atoms with van der Waals surface area (Å²) >= 11 is 5.87. The number of carbonyl (C=O) groups excluding carboxylic acids is 2. The van der Waals surface area contributed by atoms with Crippen molar-refractivity contribution < 1.29 is 19.1 Å². The highest BCUT2D eigenvalue weighted by atomic mass is 35.5. The van der Waals surface area contributed by atoms with Crippen LogP contribution < -0.4 is 20.1 Å². The lowest BCUT2D eigenvalue weighted by atomic mass is 10.1. The molecule has 146 valence electrons. The molecule has 1 aliphatic rings.